The van der Waals surface area contributed by atoms with Gasteiger partial charge in [-0.15, -0.1) is 0 Å². The second kappa shape index (κ2) is 6.09. The highest BCUT2D eigenvalue weighted by atomic mass is 32.2. The van der Waals surface area contributed by atoms with Gasteiger partial charge in [-0.3, -0.25) is 4.98 Å². The zero-order chi connectivity index (χ0) is 12.9. The van der Waals surface area contributed by atoms with E-state index in [1.165, 1.54) is 0 Å². The maximum Gasteiger partial charge on any atom is 0.215 e. The molecule has 1 aromatic heterocycles. The van der Waals surface area contributed by atoms with E-state index in [2.05, 4.69) is 15.0 Å². The Hall–Kier alpha value is -0.980. The van der Waals surface area contributed by atoms with Crippen LogP contribution in [0.5, 0.6) is 0 Å². The van der Waals surface area contributed by atoms with Crippen LogP contribution in [0, 0.1) is 6.92 Å². The van der Waals surface area contributed by atoms with E-state index in [1.807, 2.05) is 19.1 Å². The predicted octanol–water partition coefficient (Wildman–Crippen LogP) is 0.417. The Kier molecular flexibility index (Phi) is 5.04. The first-order chi connectivity index (χ1) is 7.97. The molecule has 0 aliphatic carbocycles. The van der Waals surface area contributed by atoms with Gasteiger partial charge in [-0.25, -0.2) is 13.1 Å². The molecule has 1 aromatic rings. The third-order valence-electron chi connectivity index (χ3n) is 2.58. The van der Waals surface area contributed by atoms with Crippen LogP contribution in [0.1, 0.15) is 18.2 Å². The molecule has 2 N–H and O–H groups in total. The molecule has 1 atom stereocenters. The minimum Gasteiger partial charge on any atom is -0.318 e. The van der Waals surface area contributed by atoms with E-state index in [-0.39, 0.29) is 6.54 Å². The average Bonchev–Trinajstić information content (AvgIpc) is 2.28. The highest BCUT2D eigenvalue weighted by Crippen LogP contribution is 2.04. The molecule has 1 heterocycles. The van der Waals surface area contributed by atoms with Gasteiger partial charge >= 0.3 is 0 Å². The summed E-state index contributed by atoms with van der Waals surface area (Å²) in [6.45, 7) is 4.25. The highest BCUT2D eigenvalue weighted by molar-refractivity contribution is 7.90. The van der Waals surface area contributed by atoms with Crippen LogP contribution in [-0.2, 0) is 16.6 Å². The summed E-state index contributed by atoms with van der Waals surface area (Å²) in [5.74, 6) is 0. The summed E-state index contributed by atoms with van der Waals surface area (Å²) >= 11 is 0. The molecule has 1 unspecified atom stereocenters. The standard InChI is InChI=1S/C11H19N3O2S/c1-9-5-4-6-13-11(9)8-14-17(15,16)10(2)7-12-3/h4-6,10,12,14H,7-8H2,1-3H3. The van der Waals surface area contributed by atoms with Gasteiger partial charge in [-0.1, -0.05) is 6.07 Å². The smallest absolute Gasteiger partial charge is 0.215 e. The summed E-state index contributed by atoms with van der Waals surface area (Å²) in [6, 6.07) is 3.74. The van der Waals surface area contributed by atoms with E-state index in [0.29, 0.717) is 6.54 Å². The minimum absolute atomic E-state index is 0.239. The van der Waals surface area contributed by atoms with Crippen molar-refractivity contribution in [2.75, 3.05) is 13.6 Å². The molecule has 17 heavy (non-hydrogen) atoms. The third kappa shape index (κ3) is 4.07. The van der Waals surface area contributed by atoms with E-state index >= 15 is 0 Å². The van der Waals surface area contributed by atoms with Crippen molar-refractivity contribution in [2.45, 2.75) is 25.6 Å². The van der Waals surface area contributed by atoms with Crippen molar-refractivity contribution in [1.29, 1.82) is 0 Å². The summed E-state index contributed by atoms with van der Waals surface area (Å²) in [7, 11) is -1.56. The molecule has 0 aliphatic rings. The molecular formula is C11H19N3O2S. The van der Waals surface area contributed by atoms with Gasteiger partial charge in [0.25, 0.3) is 0 Å². The Bertz CT molecular complexity index is 460. The Labute approximate surface area is 103 Å². The minimum atomic E-state index is -3.29. The lowest BCUT2D eigenvalue weighted by atomic mass is 10.2. The molecule has 0 saturated heterocycles. The van der Waals surface area contributed by atoms with Crippen molar-refractivity contribution < 1.29 is 8.42 Å². The topological polar surface area (TPSA) is 71.1 Å². The molecule has 0 bridgehead atoms. The normalized spacial score (nSPS) is 13.6. The summed E-state index contributed by atoms with van der Waals surface area (Å²) in [5, 5.41) is 2.39. The zero-order valence-corrected chi connectivity index (χ0v) is 11.2. The van der Waals surface area contributed by atoms with Crippen LogP contribution < -0.4 is 10.0 Å². The molecule has 0 aliphatic heterocycles. The first-order valence-corrected chi connectivity index (χ1v) is 7.05. The van der Waals surface area contributed by atoms with Crippen LogP contribution in [-0.4, -0.2) is 32.2 Å². The Morgan fingerprint density at radius 3 is 2.76 bits per heavy atom. The van der Waals surface area contributed by atoms with Gasteiger partial charge in [0.1, 0.15) is 0 Å². The second-order valence-corrected chi connectivity index (χ2v) is 6.18. The van der Waals surface area contributed by atoms with Gasteiger partial charge in [0.15, 0.2) is 0 Å². The molecule has 0 fully saturated rings. The lowest BCUT2D eigenvalue weighted by molar-refractivity contribution is 0.562. The summed E-state index contributed by atoms with van der Waals surface area (Å²) in [6.07, 6.45) is 1.66. The number of aryl methyl sites for hydroxylation is 1. The van der Waals surface area contributed by atoms with Crippen molar-refractivity contribution in [3.63, 3.8) is 0 Å². The van der Waals surface area contributed by atoms with E-state index < -0.39 is 15.3 Å². The van der Waals surface area contributed by atoms with Crippen molar-refractivity contribution in [3.8, 4) is 0 Å². The molecule has 0 saturated carbocycles. The lowest BCUT2D eigenvalue weighted by Crippen LogP contribution is -2.37. The van der Waals surface area contributed by atoms with Gasteiger partial charge in [0.2, 0.25) is 10.0 Å². The average molecular weight is 257 g/mol. The molecule has 0 radical (unpaired) electrons. The molecule has 1 rings (SSSR count). The highest BCUT2D eigenvalue weighted by Gasteiger charge is 2.19. The van der Waals surface area contributed by atoms with Gasteiger partial charge in [-0.2, -0.15) is 0 Å². The van der Waals surface area contributed by atoms with Gasteiger partial charge in [-0.05, 0) is 32.5 Å². The number of aromatic nitrogens is 1. The number of hydrogen-bond acceptors (Lipinski definition) is 4. The fourth-order valence-electron chi connectivity index (χ4n) is 1.41. The van der Waals surface area contributed by atoms with Crippen LogP contribution in [0.15, 0.2) is 18.3 Å². The van der Waals surface area contributed by atoms with E-state index in [1.54, 1.807) is 20.2 Å². The first kappa shape index (κ1) is 14.1. The molecule has 0 spiro atoms. The van der Waals surface area contributed by atoms with Crippen LogP contribution in [0.25, 0.3) is 0 Å². The van der Waals surface area contributed by atoms with Crippen molar-refractivity contribution >= 4 is 10.0 Å². The Morgan fingerprint density at radius 1 is 1.47 bits per heavy atom. The number of nitrogens with one attached hydrogen (secondary N) is 2. The Balaban J connectivity index is 2.65. The first-order valence-electron chi connectivity index (χ1n) is 5.51. The fourth-order valence-corrected chi connectivity index (χ4v) is 2.42. The molecule has 6 heteroatoms. The summed E-state index contributed by atoms with van der Waals surface area (Å²) in [4.78, 5) is 4.14. The summed E-state index contributed by atoms with van der Waals surface area (Å²) in [5.41, 5.74) is 1.74. The van der Waals surface area contributed by atoms with Crippen LogP contribution in [0.3, 0.4) is 0 Å². The number of rotatable bonds is 6. The SMILES string of the molecule is CNCC(C)S(=O)(=O)NCc1ncccc1C. The van der Waals surface area contributed by atoms with Gasteiger partial charge in [0.05, 0.1) is 17.5 Å². The van der Waals surface area contributed by atoms with Gasteiger partial charge < -0.3 is 5.32 Å². The number of nitrogens with zero attached hydrogens (tertiary/aromatic N) is 1. The van der Waals surface area contributed by atoms with Crippen LogP contribution in [0.4, 0.5) is 0 Å². The van der Waals surface area contributed by atoms with Gasteiger partial charge in [0, 0.05) is 12.7 Å². The third-order valence-corrected chi connectivity index (χ3v) is 4.35. The molecule has 96 valence electrons. The predicted molar refractivity (Wildman–Crippen MR) is 68.1 cm³/mol. The van der Waals surface area contributed by atoms with E-state index in [9.17, 15) is 8.42 Å². The Morgan fingerprint density at radius 2 is 2.18 bits per heavy atom. The largest absolute Gasteiger partial charge is 0.318 e. The van der Waals surface area contributed by atoms with E-state index in [0.717, 1.165) is 11.3 Å². The molecule has 5 nitrogen and oxygen atoms in total. The van der Waals surface area contributed by atoms with Crippen LogP contribution in [0.2, 0.25) is 0 Å². The maximum atomic E-state index is 11.8. The van der Waals surface area contributed by atoms with Crippen molar-refractivity contribution in [2.24, 2.45) is 0 Å². The van der Waals surface area contributed by atoms with Crippen molar-refractivity contribution in [3.05, 3.63) is 29.6 Å². The fraction of sp³-hybridized carbons (Fsp3) is 0.545. The zero-order valence-electron chi connectivity index (χ0n) is 10.4. The molecule has 0 amide bonds. The van der Waals surface area contributed by atoms with Crippen LogP contribution >= 0.6 is 0 Å². The molecular weight excluding hydrogens is 238 g/mol. The number of hydrogen-bond donors (Lipinski definition) is 2. The van der Waals surface area contributed by atoms with E-state index in [4.69, 9.17) is 0 Å². The monoisotopic (exact) mass is 257 g/mol. The maximum absolute atomic E-state index is 11.8. The quantitative estimate of drug-likeness (QED) is 0.774. The lowest BCUT2D eigenvalue weighted by Gasteiger charge is -2.13. The number of sulfonamides is 1. The van der Waals surface area contributed by atoms with Crippen molar-refractivity contribution in [1.82, 2.24) is 15.0 Å². The summed E-state index contributed by atoms with van der Waals surface area (Å²) < 4.78 is 26.2. The molecule has 0 aromatic carbocycles. The second-order valence-electron chi connectivity index (χ2n) is 4.00. The number of pyridine rings is 1.